The molecule has 0 aliphatic heterocycles. The van der Waals surface area contributed by atoms with E-state index >= 15 is 0 Å². The molecule has 0 atom stereocenters. The molecule has 0 aliphatic carbocycles. The molecule has 1 heterocycles. The SMILES string of the molecule is COC(=O)c1cccc(C(=O)Nc2ccc(-c3csc(-c4ccccc4)n3)cc2)c1. The predicted molar refractivity (Wildman–Crippen MR) is 119 cm³/mol. The fraction of sp³-hybridized carbons (Fsp3) is 0.0417. The van der Waals surface area contributed by atoms with Gasteiger partial charge in [0.25, 0.3) is 5.91 Å². The number of thiazole rings is 1. The largest absolute Gasteiger partial charge is 0.465 e. The Morgan fingerprint density at radius 3 is 2.33 bits per heavy atom. The summed E-state index contributed by atoms with van der Waals surface area (Å²) >= 11 is 1.60. The maximum absolute atomic E-state index is 12.5. The fourth-order valence-electron chi connectivity index (χ4n) is 2.95. The maximum atomic E-state index is 12.5. The first-order valence-electron chi connectivity index (χ1n) is 9.25. The third kappa shape index (κ3) is 4.29. The van der Waals surface area contributed by atoms with Gasteiger partial charge in [0.15, 0.2) is 0 Å². The topological polar surface area (TPSA) is 68.3 Å². The highest BCUT2D eigenvalue weighted by Gasteiger charge is 2.11. The number of nitrogens with one attached hydrogen (secondary N) is 1. The number of nitrogens with zero attached hydrogens (tertiary/aromatic N) is 1. The van der Waals surface area contributed by atoms with Crippen LogP contribution in [-0.2, 0) is 4.74 Å². The number of benzene rings is 3. The zero-order valence-corrected chi connectivity index (χ0v) is 17.0. The molecule has 148 valence electrons. The average molecular weight is 414 g/mol. The minimum Gasteiger partial charge on any atom is -0.465 e. The molecule has 0 unspecified atom stereocenters. The van der Waals surface area contributed by atoms with E-state index < -0.39 is 5.97 Å². The van der Waals surface area contributed by atoms with E-state index in [1.807, 2.05) is 60.0 Å². The normalized spacial score (nSPS) is 10.4. The summed E-state index contributed by atoms with van der Waals surface area (Å²) in [6.45, 7) is 0. The van der Waals surface area contributed by atoms with Gasteiger partial charge in [-0.1, -0.05) is 48.5 Å². The van der Waals surface area contributed by atoms with Crippen LogP contribution in [0.4, 0.5) is 5.69 Å². The van der Waals surface area contributed by atoms with Crippen molar-refractivity contribution >= 4 is 28.9 Å². The van der Waals surface area contributed by atoms with Crippen molar-refractivity contribution in [2.45, 2.75) is 0 Å². The lowest BCUT2D eigenvalue weighted by molar-refractivity contribution is 0.0600. The van der Waals surface area contributed by atoms with Crippen molar-refractivity contribution in [1.82, 2.24) is 4.98 Å². The van der Waals surface area contributed by atoms with Crippen LogP contribution in [0.3, 0.4) is 0 Å². The first-order chi connectivity index (χ1) is 14.6. The molecule has 0 spiro atoms. The second kappa shape index (κ2) is 8.71. The van der Waals surface area contributed by atoms with E-state index in [-0.39, 0.29) is 5.91 Å². The highest BCUT2D eigenvalue weighted by Crippen LogP contribution is 2.29. The standard InChI is InChI=1S/C24H18N2O3S/c1-29-24(28)19-9-5-8-18(14-19)22(27)25-20-12-10-16(11-13-20)21-15-30-23(26-21)17-6-3-2-4-7-17/h2-15H,1H3,(H,25,27). The molecule has 0 radical (unpaired) electrons. The number of hydrogen-bond donors (Lipinski definition) is 1. The van der Waals surface area contributed by atoms with E-state index in [4.69, 9.17) is 9.72 Å². The van der Waals surface area contributed by atoms with Gasteiger partial charge in [0.05, 0.1) is 18.4 Å². The van der Waals surface area contributed by atoms with Crippen LogP contribution in [0.25, 0.3) is 21.8 Å². The van der Waals surface area contributed by atoms with Gasteiger partial charge >= 0.3 is 5.97 Å². The predicted octanol–water partition coefficient (Wildman–Crippen LogP) is 5.52. The molecular weight excluding hydrogens is 396 g/mol. The van der Waals surface area contributed by atoms with Gasteiger partial charge in [-0.3, -0.25) is 4.79 Å². The van der Waals surface area contributed by atoms with Gasteiger partial charge in [0.2, 0.25) is 0 Å². The van der Waals surface area contributed by atoms with Crippen molar-refractivity contribution in [3.05, 3.63) is 95.4 Å². The number of ether oxygens (including phenoxy) is 1. The number of amides is 1. The minimum atomic E-state index is -0.480. The first-order valence-corrected chi connectivity index (χ1v) is 10.1. The van der Waals surface area contributed by atoms with Gasteiger partial charge in [-0.15, -0.1) is 11.3 Å². The maximum Gasteiger partial charge on any atom is 0.337 e. The monoisotopic (exact) mass is 414 g/mol. The zero-order chi connectivity index (χ0) is 20.9. The number of methoxy groups -OCH3 is 1. The Hall–Kier alpha value is -3.77. The number of hydrogen-bond acceptors (Lipinski definition) is 5. The summed E-state index contributed by atoms with van der Waals surface area (Å²) in [4.78, 5) is 28.9. The van der Waals surface area contributed by atoms with E-state index in [0.717, 1.165) is 21.8 Å². The van der Waals surface area contributed by atoms with Gasteiger partial charge in [-0.05, 0) is 30.3 Å². The molecular formula is C24H18N2O3S. The Morgan fingerprint density at radius 2 is 1.60 bits per heavy atom. The molecule has 5 nitrogen and oxygen atoms in total. The van der Waals surface area contributed by atoms with Crippen LogP contribution >= 0.6 is 11.3 Å². The molecule has 1 amide bonds. The molecule has 3 aromatic carbocycles. The summed E-state index contributed by atoms with van der Waals surface area (Å²) in [6.07, 6.45) is 0. The quantitative estimate of drug-likeness (QED) is 0.437. The number of esters is 1. The first kappa shape index (κ1) is 19.5. The van der Waals surface area contributed by atoms with Crippen molar-refractivity contribution in [1.29, 1.82) is 0 Å². The van der Waals surface area contributed by atoms with Crippen LogP contribution in [0, 0.1) is 0 Å². The molecule has 0 saturated carbocycles. The molecule has 0 saturated heterocycles. The third-order valence-electron chi connectivity index (χ3n) is 4.51. The number of carbonyl (C=O) groups excluding carboxylic acids is 2. The smallest absolute Gasteiger partial charge is 0.337 e. The van der Waals surface area contributed by atoms with Gasteiger partial charge in [-0.25, -0.2) is 9.78 Å². The molecule has 1 aromatic heterocycles. The summed E-state index contributed by atoms with van der Waals surface area (Å²) < 4.78 is 4.70. The minimum absolute atomic E-state index is 0.298. The summed E-state index contributed by atoms with van der Waals surface area (Å²) in [6, 6.07) is 24.0. The van der Waals surface area contributed by atoms with Gasteiger partial charge in [0.1, 0.15) is 5.01 Å². The van der Waals surface area contributed by atoms with Crippen LogP contribution in [0.2, 0.25) is 0 Å². The molecule has 30 heavy (non-hydrogen) atoms. The number of aromatic nitrogens is 1. The Kier molecular flexibility index (Phi) is 5.68. The van der Waals surface area contributed by atoms with E-state index in [1.165, 1.54) is 13.2 Å². The van der Waals surface area contributed by atoms with Gasteiger partial charge < -0.3 is 10.1 Å². The molecule has 1 N–H and O–H groups in total. The summed E-state index contributed by atoms with van der Waals surface area (Å²) in [5, 5.41) is 5.83. The molecule has 6 heteroatoms. The van der Waals surface area contributed by atoms with E-state index in [1.54, 1.807) is 29.5 Å². The molecule has 0 bridgehead atoms. The van der Waals surface area contributed by atoms with Crippen LogP contribution < -0.4 is 5.32 Å². The lowest BCUT2D eigenvalue weighted by Gasteiger charge is -2.07. The lowest BCUT2D eigenvalue weighted by Crippen LogP contribution is -2.13. The van der Waals surface area contributed by atoms with Crippen molar-refractivity contribution in [3.63, 3.8) is 0 Å². The highest BCUT2D eigenvalue weighted by atomic mass is 32.1. The van der Waals surface area contributed by atoms with Crippen LogP contribution in [-0.4, -0.2) is 24.0 Å². The third-order valence-corrected chi connectivity index (χ3v) is 5.40. The lowest BCUT2D eigenvalue weighted by atomic mass is 10.1. The number of carbonyl (C=O) groups is 2. The summed E-state index contributed by atoms with van der Waals surface area (Å²) in [5.74, 6) is -0.777. The second-order valence-corrected chi connectivity index (χ2v) is 7.37. The Balaban J connectivity index is 1.47. The van der Waals surface area contributed by atoms with Gasteiger partial charge in [0, 0.05) is 27.8 Å². The van der Waals surface area contributed by atoms with E-state index in [2.05, 4.69) is 5.32 Å². The Labute approximate surface area is 178 Å². The van der Waals surface area contributed by atoms with Crippen LogP contribution in [0.1, 0.15) is 20.7 Å². The summed E-state index contributed by atoms with van der Waals surface area (Å²) in [5.41, 5.74) is 4.33. The highest BCUT2D eigenvalue weighted by molar-refractivity contribution is 7.13. The van der Waals surface area contributed by atoms with Gasteiger partial charge in [-0.2, -0.15) is 0 Å². The Bertz CT molecular complexity index is 1180. The number of anilines is 1. The van der Waals surface area contributed by atoms with Crippen molar-refractivity contribution in [3.8, 4) is 21.8 Å². The van der Waals surface area contributed by atoms with Crippen LogP contribution in [0.5, 0.6) is 0 Å². The number of rotatable bonds is 5. The second-order valence-electron chi connectivity index (χ2n) is 6.51. The molecule has 0 aliphatic rings. The van der Waals surface area contributed by atoms with Crippen molar-refractivity contribution < 1.29 is 14.3 Å². The van der Waals surface area contributed by atoms with E-state index in [0.29, 0.717) is 16.8 Å². The van der Waals surface area contributed by atoms with Crippen molar-refractivity contribution in [2.75, 3.05) is 12.4 Å². The summed E-state index contributed by atoms with van der Waals surface area (Å²) in [7, 11) is 1.31. The zero-order valence-electron chi connectivity index (χ0n) is 16.2. The molecule has 4 aromatic rings. The average Bonchev–Trinajstić information content (AvgIpc) is 3.30. The molecule has 0 fully saturated rings. The fourth-order valence-corrected chi connectivity index (χ4v) is 3.79. The Morgan fingerprint density at radius 1 is 0.867 bits per heavy atom. The van der Waals surface area contributed by atoms with Crippen LogP contribution in [0.15, 0.2) is 84.2 Å². The molecule has 4 rings (SSSR count). The van der Waals surface area contributed by atoms with E-state index in [9.17, 15) is 9.59 Å². The van der Waals surface area contributed by atoms with Crippen molar-refractivity contribution in [2.24, 2.45) is 0 Å².